The van der Waals surface area contributed by atoms with Crippen molar-refractivity contribution in [1.29, 1.82) is 0 Å². The van der Waals surface area contributed by atoms with E-state index in [0.29, 0.717) is 22.1 Å². The Morgan fingerprint density at radius 3 is 2.50 bits per heavy atom. The number of halogens is 1. The van der Waals surface area contributed by atoms with E-state index in [-0.39, 0.29) is 0 Å². The Bertz CT molecular complexity index is 930. The number of nitrogens with one attached hydrogen (secondary N) is 1. The fourth-order valence-electron chi connectivity index (χ4n) is 3.02. The zero-order chi connectivity index (χ0) is 20.4. The summed E-state index contributed by atoms with van der Waals surface area (Å²) in [7, 11) is 1.47. The molecule has 1 fully saturated rings. The highest BCUT2D eigenvalue weighted by molar-refractivity contribution is 6.31. The zero-order valence-corrected chi connectivity index (χ0v) is 16.5. The molecule has 7 nitrogen and oxygen atoms in total. The fraction of sp³-hybridized carbons (Fsp3) is 0.250. The molecular weight excluding hydrogens is 382 g/mol. The third kappa shape index (κ3) is 3.80. The highest BCUT2D eigenvalue weighted by atomic mass is 35.5. The van der Waals surface area contributed by atoms with Gasteiger partial charge in [0.2, 0.25) is 5.91 Å². The third-order valence-electron chi connectivity index (χ3n) is 4.50. The van der Waals surface area contributed by atoms with Gasteiger partial charge in [-0.1, -0.05) is 29.3 Å². The van der Waals surface area contributed by atoms with Crippen molar-refractivity contribution < 1.29 is 19.1 Å². The number of aryl methyl sites for hydroxylation is 1. The van der Waals surface area contributed by atoms with Crippen LogP contribution in [0.5, 0.6) is 5.75 Å². The van der Waals surface area contributed by atoms with Crippen LogP contribution in [0, 0.1) is 6.92 Å². The number of hydrogen-bond acceptors (Lipinski definition) is 4. The Labute approximate surface area is 167 Å². The summed E-state index contributed by atoms with van der Waals surface area (Å²) in [6, 6.07) is 10.8. The minimum absolute atomic E-state index is 0.363. The highest BCUT2D eigenvalue weighted by Gasteiger charge is 2.44. The van der Waals surface area contributed by atoms with Crippen LogP contribution in [-0.4, -0.2) is 42.4 Å². The van der Waals surface area contributed by atoms with Crippen molar-refractivity contribution in [3.63, 3.8) is 0 Å². The van der Waals surface area contributed by atoms with Crippen molar-refractivity contribution in [2.24, 2.45) is 0 Å². The molecular formula is C20H20ClN3O4. The Morgan fingerprint density at radius 1 is 1.18 bits per heavy atom. The fourth-order valence-corrected chi connectivity index (χ4v) is 3.19. The number of anilines is 2. The number of nitrogens with zero attached hydrogens (tertiary/aromatic N) is 2. The topological polar surface area (TPSA) is 79.0 Å². The van der Waals surface area contributed by atoms with Crippen molar-refractivity contribution >= 4 is 40.8 Å². The highest BCUT2D eigenvalue weighted by Crippen LogP contribution is 2.29. The van der Waals surface area contributed by atoms with E-state index in [9.17, 15) is 14.4 Å². The van der Waals surface area contributed by atoms with Crippen molar-refractivity contribution in [3.8, 4) is 5.75 Å². The molecule has 2 aromatic carbocycles. The van der Waals surface area contributed by atoms with Gasteiger partial charge in [-0.15, -0.1) is 0 Å². The first kappa shape index (κ1) is 19.7. The number of benzene rings is 2. The van der Waals surface area contributed by atoms with Crippen LogP contribution < -0.4 is 15.0 Å². The molecule has 1 atom stereocenters. The molecule has 4 amide bonds. The lowest BCUT2D eigenvalue weighted by atomic mass is 10.2. The van der Waals surface area contributed by atoms with Crippen LogP contribution in [0.4, 0.5) is 16.2 Å². The number of imide groups is 1. The second-order valence-electron chi connectivity index (χ2n) is 6.48. The first-order valence-electron chi connectivity index (χ1n) is 8.66. The van der Waals surface area contributed by atoms with Crippen LogP contribution >= 0.6 is 11.6 Å². The van der Waals surface area contributed by atoms with Crippen molar-refractivity contribution in [1.82, 2.24) is 4.90 Å². The second-order valence-corrected chi connectivity index (χ2v) is 6.92. The summed E-state index contributed by atoms with van der Waals surface area (Å²) in [4.78, 5) is 40.1. The van der Waals surface area contributed by atoms with Gasteiger partial charge >= 0.3 is 6.03 Å². The summed E-state index contributed by atoms with van der Waals surface area (Å²) in [6.45, 7) is 3.17. The van der Waals surface area contributed by atoms with E-state index in [1.807, 2.05) is 19.1 Å². The number of carbonyl (C=O) groups excluding carboxylic acids is 3. The molecule has 146 valence electrons. The molecule has 2 aromatic rings. The average Bonchev–Trinajstić information content (AvgIpc) is 2.86. The number of amides is 4. The van der Waals surface area contributed by atoms with E-state index in [1.165, 1.54) is 18.1 Å². The molecule has 0 bridgehead atoms. The van der Waals surface area contributed by atoms with Crippen molar-refractivity contribution in [2.75, 3.05) is 23.9 Å². The van der Waals surface area contributed by atoms with E-state index in [2.05, 4.69) is 5.32 Å². The predicted octanol–water partition coefficient (Wildman–Crippen LogP) is 3.45. The Kier molecular flexibility index (Phi) is 5.56. The zero-order valence-electron chi connectivity index (χ0n) is 15.7. The van der Waals surface area contributed by atoms with Crippen LogP contribution in [0.15, 0.2) is 42.5 Å². The molecule has 0 aliphatic carbocycles. The Hall–Kier alpha value is -3.06. The van der Waals surface area contributed by atoms with Crippen LogP contribution in [0.1, 0.15) is 12.5 Å². The van der Waals surface area contributed by atoms with E-state index < -0.39 is 30.4 Å². The van der Waals surface area contributed by atoms with Crippen LogP contribution in [0.3, 0.4) is 0 Å². The number of methoxy groups -OCH3 is 1. The van der Waals surface area contributed by atoms with Gasteiger partial charge in [-0.05, 0) is 44.2 Å². The maximum atomic E-state index is 12.8. The molecule has 1 N–H and O–H groups in total. The van der Waals surface area contributed by atoms with E-state index in [4.69, 9.17) is 16.3 Å². The van der Waals surface area contributed by atoms with Crippen molar-refractivity contribution in [3.05, 3.63) is 53.1 Å². The minimum Gasteiger partial charge on any atom is -0.495 e. The molecule has 1 saturated heterocycles. The van der Waals surface area contributed by atoms with Gasteiger partial charge in [-0.25, -0.2) is 4.79 Å². The van der Waals surface area contributed by atoms with Gasteiger partial charge in [0.25, 0.3) is 5.91 Å². The first-order valence-corrected chi connectivity index (χ1v) is 9.04. The van der Waals surface area contributed by atoms with Gasteiger partial charge in [0.1, 0.15) is 18.3 Å². The van der Waals surface area contributed by atoms with E-state index in [0.717, 1.165) is 10.5 Å². The lowest BCUT2D eigenvalue weighted by molar-refractivity contribution is -0.130. The van der Waals surface area contributed by atoms with Crippen LogP contribution in [0.25, 0.3) is 0 Å². The number of urea groups is 1. The second kappa shape index (κ2) is 7.90. The first-order chi connectivity index (χ1) is 13.3. The molecule has 0 unspecified atom stereocenters. The molecule has 0 spiro atoms. The maximum Gasteiger partial charge on any atom is 0.332 e. The number of carbonyl (C=O) groups is 3. The quantitative estimate of drug-likeness (QED) is 0.778. The Morgan fingerprint density at radius 2 is 1.86 bits per heavy atom. The summed E-state index contributed by atoms with van der Waals surface area (Å²) >= 11 is 5.96. The molecule has 1 aliphatic rings. The number of hydrogen-bond donors (Lipinski definition) is 1. The van der Waals surface area contributed by atoms with Gasteiger partial charge < -0.3 is 10.1 Å². The normalized spacial score (nSPS) is 16.5. The van der Waals surface area contributed by atoms with Crippen LogP contribution in [-0.2, 0) is 9.59 Å². The summed E-state index contributed by atoms with van der Waals surface area (Å²) < 4.78 is 5.19. The largest absolute Gasteiger partial charge is 0.495 e. The van der Waals surface area contributed by atoms with Gasteiger partial charge in [-0.3, -0.25) is 19.4 Å². The molecule has 3 rings (SSSR count). The SMILES string of the molecule is COc1ccc(Cl)cc1NC(=O)CN1C(=O)[C@@H](C)N(c2ccc(C)cc2)C1=O. The molecule has 1 heterocycles. The van der Waals surface area contributed by atoms with Crippen LogP contribution in [0.2, 0.25) is 5.02 Å². The average molecular weight is 402 g/mol. The molecule has 1 aliphatic heterocycles. The number of rotatable bonds is 5. The minimum atomic E-state index is -0.691. The van der Waals surface area contributed by atoms with E-state index in [1.54, 1.807) is 31.2 Å². The van der Waals surface area contributed by atoms with Gasteiger partial charge in [0.05, 0.1) is 12.8 Å². The van der Waals surface area contributed by atoms with Gasteiger partial charge in [0.15, 0.2) is 0 Å². The molecule has 0 aromatic heterocycles. The van der Waals surface area contributed by atoms with E-state index >= 15 is 0 Å². The summed E-state index contributed by atoms with van der Waals surface area (Å²) in [5.74, 6) is -0.537. The maximum absolute atomic E-state index is 12.8. The molecule has 28 heavy (non-hydrogen) atoms. The monoisotopic (exact) mass is 401 g/mol. The lowest BCUT2D eigenvalue weighted by Crippen LogP contribution is -2.39. The Balaban J connectivity index is 1.76. The van der Waals surface area contributed by atoms with Crippen molar-refractivity contribution in [2.45, 2.75) is 19.9 Å². The molecule has 8 heteroatoms. The summed E-state index contributed by atoms with van der Waals surface area (Å²) in [5.41, 5.74) is 2.01. The lowest BCUT2D eigenvalue weighted by Gasteiger charge is -2.19. The molecule has 0 saturated carbocycles. The summed E-state index contributed by atoms with van der Waals surface area (Å²) in [5, 5.41) is 3.05. The standard InChI is InChI=1S/C20H20ClN3O4/c1-12-4-7-15(8-5-12)24-13(2)19(26)23(20(24)27)11-18(25)22-16-10-14(21)6-9-17(16)28-3/h4-10,13H,11H2,1-3H3,(H,22,25)/t13-/m1/s1. The van der Waals surface area contributed by atoms with Gasteiger partial charge in [0, 0.05) is 10.7 Å². The smallest absolute Gasteiger partial charge is 0.332 e. The molecule has 0 radical (unpaired) electrons. The third-order valence-corrected chi connectivity index (χ3v) is 4.73. The predicted molar refractivity (Wildman–Crippen MR) is 107 cm³/mol. The summed E-state index contributed by atoms with van der Waals surface area (Å²) in [6.07, 6.45) is 0. The number of ether oxygens (including phenoxy) is 1. The van der Waals surface area contributed by atoms with Gasteiger partial charge in [-0.2, -0.15) is 0 Å².